The summed E-state index contributed by atoms with van der Waals surface area (Å²) in [5.74, 6) is 0.261. The molecule has 1 heterocycles. The van der Waals surface area contributed by atoms with E-state index in [9.17, 15) is 14.4 Å². The second-order valence-corrected chi connectivity index (χ2v) is 7.91. The first kappa shape index (κ1) is 22.5. The van der Waals surface area contributed by atoms with Crippen LogP contribution >= 0.6 is 0 Å². The largest absolute Gasteiger partial charge is 0.326 e. The van der Waals surface area contributed by atoms with Gasteiger partial charge in [0.15, 0.2) is 13.1 Å². The van der Waals surface area contributed by atoms with E-state index in [0.29, 0.717) is 24.0 Å². The van der Waals surface area contributed by atoms with Crippen LogP contribution in [-0.2, 0) is 14.4 Å². The third kappa shape index (κ3) is 6.65. The average Bonchev–Trinajstić information content (AvgIpc) is 3.40. The van der Waals surface area contributed by atoms with E-state index in [0.717, 1.165) is 23.6 Å². The number of likely N-dealkylation sites (N-methyl/N-ethyl adjacent to an activating group) is 1. The molecule has 1 atom stereocenters. The van der Waals surface area contributed by atoms with Gasteiger partial charge in [0, 0.05) is 24.4 Å². The lowest BCUT2D eigenvalue weighted by molar-refractivity contribution is -0.881. The summed E-state index contributed by atoms with van der Waals surface area (Å²) in [6, 6.07) is 9.07. The Bertz CT molecular complexity index is 902. The third-order valence-electron chi connectivity index (χ3n) is 5.42. The molecule has 0 radical (unpaired) electrons. The smallest absolute Gasteiger partial charge is 0.280 e. The Kier molecular flexibility index (Phi) is 7.77. The molecule has 31 heavy (non-hydrogen) atoms. The molecule has 9 heteroatoms. The second-order valence-electron chi connectivity index (χ2n) is 7.91. The van der Waals surface area contributed by atoms with Gasteiger partial charge in [0.2, 0.25) is 5.91 Å². The Labute approximate surface area is 182 Å². The molecule has 2 aromatic rings. The van der Waals surface area contributed by atoms with Crippen LogP contribution < -0.4 is 20.9 Å². The molecule has 1 fully saturated rings. The zero-order chi connectivity index (χ0) is 22.2. The Balaban J connectivity index is 1.49. The van der Waals surface area contributed by atoms with Gasteiger partial charge in [-0.3, -0.25) is 14.4 Å². The van der Waals surface area contributed by atoms with Crippen LogP contribution in [0.25, 0.3) is 0 Å². The predicted octanol–water partition coefficient (Wildman–Crippen LogP) is 1.44. The molecule has 1 aliphatic rings. The Hall–Kier alpha value is -3.20. The number of quaternary nitrogens is 1. The van der Waals surface area contributed by atoms with Crippen LogP contribution in [0.3, 0.4) is 0 Å². The average molecular weight is 428 g/mol. The summed E-state index contributed by atoms with van der Waals surface area (Å²) in [5, 5.41) is 12.8. The number of nitrogens with one attached hydrogen (secondary N) is 4. The molecular formula is C22H31N6O3+. The minimum Gasteiger partial charge on any atom is -0.326 e. The first-order valence-corrected chi connectivity index (χ1v) is 10.8. The van der Waals surface area contributed by atoms with Crippen LogP contribution in [0.5, 0.6) is 0 Å². The van der Waals surface area contributed by atoms with Gasteiger partial charge in [0.25, 0.3) is 11.8 Å². The molecule has 1 saturated carbocycles. The number of carbonyl (C=O) groups is 3. The number of nitrogens with zero attached hydrogens (tertiary/aromatic N) is 2. The van der Waals surface area contributed by atoms with E-state index in [1.54, 1.807) is 30.5 Å². The first-order chi connectivity index (χ1) is 14.9. The zero-order valence-electron chi connectivity index (χ0n) is 18.1. The molecule has 9 nitrogen and oxygen atoms in total. The molecule has 1 aromatic heterocycles. The van der Waals surface area contributed by atoms with E-state index in [1.807, 2.05) is 17.7 Å². The van der Waals surface area contributed by atoms with Crippen molar-refractivity contribution in [3.05, 3.63) is 36.5 Å². The van der Waals surface area contributed by atoms with Crippen molar-refractivity contribution in [3.8, 4) is 0 Å². The molecule has 1 aromatic carbocycles. The molecule has 1 unspecified atom stereocenters. The van der Waals surface area contributed by atoms with Crippen molar-refractivity contribution in [1.82, 2.24) is 9.78 Å². The number of carbonyl (C=O) groups excluding carboxylic acids is 3. The minimum atomic E-state index is -0.173. The highest BCUT2D eigenvalue weighted by Crippen LogP contribution is 2.31. The van der Waals surface area contributed by atoms with Gasteiger partial charge in [-0.05, 0) is 44.0 Å². The van der Waals surface area contributed by atoms with E-state index in [1.165, 1.54) is 19.8 Å². The molecule has 166 valence electrons. The van der Waals surface area contributed by atoms with Gasteiger partial charge >= 0.3 is 0 Å². The molecular weight excluding hydrogens is 396 g/mol. The molecule has 0 bridgehead atoms. The normalized spacial score (nSPS) is 14.8. The van der Waals surface area contributed by atoms with Crippen molar-refractivity contribution in [1.29, 1.82) is 0 Å². The van der Waals surface area contributed by atoms with Crippen LogP contribution in [0.15, 0.2) is 36.5 Å². The number of hydrogen-bond acceptors (Lipinski definition) is 4. The number of hydrogen-bond donors (Lipinski definition) is 4. The number of anilines is 3. The summed E-state index contributed by atoms with van der Waals surface area (Å²) in [4.78, 5) is 36.9. The monoisotopic (exact) mass is 427 g/mol. The van der Waals surface area contributed by atoms with Crippen LogP contribution in [0.1, 0.15) is 45.6 Å². The van der Waals surface area contributed by atoms with Crippen LogP contribution in [0.4, 0.5) is 17.2 Å². The highest BCUT2D eigenvalue weighted by atomic mass is 16.2. The predicted molar refractivity (Wildman–Crippen MR) is 119 cm³/mol. The quantitative estimate of drug-likeness (QED) is 0.485. The topological polar surface area (TPSA) is 110 Å². The summed E-state index contributed by atoms with van der Waals surface area (Å²) in [6.45, 7) is 4.40. The van der Waals surface area contributed by atoms with Crippen molar-refractivity contribution in [2.24, 2.45) is 0 Å². The maximum Gasteiger partial charge on any atom is 0.280 e. The van der Waals surface area contributed by atoms with Crippen molar-refractivity contribution >= 4 is 34.9 Å². The standard InChI is InChI=1S/C22H30N6O3/c1-3-27(14-21(30)25-18-10-8-17(9-11-18)24-16(2)29)15-22(31)26-20-12-13-23-28(20)19-6-4-5-7-19/h8-13,19H,3-7,14-15H2,1-2H3,(H,24,29)(H,25,30)(H,26,31)/p+1. The summed E-state index contributed by atoms with van der Waals surface area (Å²) in [5.41, 5.74) is 1.30. The maximum absolute atomic E-state index is 12.6. The number of aromatic nitrogens is 2. The lowest BCUT2D eigenvalue weighted by atomic mass is 10.2. The summed E-state index contributed by atoms with van der Waals surface area (Å²) < 4.78 is 1.91. The third-order valence-corrected chi connectivity index (χ3v) is 5.42. The Morgan fingerprint density at radius 2 is 1.55 bits per heavy atom. The van der Waals surface area contributed by atoms with Crippen LogP contribution in [0.2, 0.25) is 0 Å². The number of rotatable bonds is 9. The van der Waals surface area contributed by atoms with Crippen LogP contribution in [-0.4, -0.2) is 47.1 Å². The molecule has 1 aliphatic carbocycles. The number of benzene rings is 1. The lowest BCUT2D eigenvalue weighted by Crippen LogP contribution is -3.13. The van der Waals surface area contributed by atoms with Crippen molar-refractivity contribution in [2.75, 3.05) is 35.6 Å². The van der Waals surface area contributed by atoms with Gasteiger partial charge < -0.3 is 20.9 Å². The maximum atomic E-state index is 12.6. The first-order valence-electron chi connectivity index (χ1n) is 10.8. The Morgan fingerprint density at radius 3 is 2.13 bits per heavy atom. The van der Waals surface area contributed by atoms with Crippen molar-refractivity contribution < 1.29 is 19.3 Å². The van der Waals surface area contributed by atoms with E-state index in [2.05, 4.69) is 21.0 Å². The summed E-state index contributed by atoms with van der Waals surface area (Å²) in [6.07, 6.45) is 6.27. The highest BCUT2D eigenvalue weighted by Gasteiger charge is 2.22. The minimum absolute atomic E-state index is 0.135. The molecule has 0 aliphatic heterocycles. The van der Waals surface area contributed by atoms with E-state index in [4.69, 9.17) is 0 Å². The van der Waals surface area contributed by atoms with Gasteiger partial charge in [-0.2, -0.15) is 5.10 Å². The molecule has 3 rings (SSSR count). The summed E-state index contributed by atoms with van der Waals surface area (Å²) >= 11 is 0. The highest BCUT2D eigenvalue weighted by molar-refractivity contribution is 5.93. The SMILES string of the molecule is CC[NH+](CC(=O)Nc1ccc(NC(C)=O)cc1)CC(=O)Nc1ccnn1C1CCCC1. The van der Waals surface area contributed by atoms with E-state index >= 15 is 0 Å². The van der Waals surface area contributed by atoms with Gasteiger partial charge in [0.05, 0.1) is 18.8 Å². The molecule has 0 spiro atoms. The molecule has 0 saturated heterocycles. The van der Waals surface area contributed by atoms with E-state index in [-0.39, 0.29) is 30.8 Å². The summed E-state index contributed by atoms with van der Waals surface area (Å²) in [7, 11) is 0. The van der Waals surface area contributed by atoms with Gasteiger partial charge in [-0.1, -0.05) is 12.8 Å². The molecule has 4 N–H and O–H groups in total. The number of amides is 3. The van der Waals surface area contributed by atoms with Crippen molar-refractivity contribution in [2.45, 2.75) is 45.6 Å². The van der Waals surface area contributed by atoms with Gasteiger partial charge in [0.1, 0.15) is 5.82 Å². The zero-order valence-corrected chi connectivity index (χ0v) is 18.1. The lowest BCUT2D eigenvalue weighted by Gasteiger charge is -2.18. The fourth-order valence-corrected chi connectivity index (χ4v) is 3.85. The fraction of sp³-hybridized carbons (Fsp3) is 0.455. The fourth-order valence-electron chi connectivity index (χ4n) is 3.85. The van der Waals surface area contributed by atoms with Crippen LogP contribution in [0, 0.1) is 0 Å². The second kappa shape index (κ2) is 10.7. The van der Waals surface area contributed by atoms with Gasteiger partial charge in [-0.15, -0.1) is 0 Å². The Morgan fingerprint density at radius 1 is 0.968 bits per heavy atom. The van der Waals surface area contributed by atoms with Gasteiger partial charge in [-0.25, -0.2) is 4.68 Å². The van der Waals surface area contributed by atoms with Crippen molar-refractivity contribution in [3.63, 3.8) is 0 Å². The molecule has 3 amide bonds. The van der Waals surface area contributed by atoms with E-state index < -0.39 is 0 Å².